The molecule has 1 atom stereocenters. The number of nitro benzene ring substituents is 1. The first-order valence-electron chi connectivity index (χ1n) is 6.74. The molecule has 0 radical (unpaired) electrons. The summed E-state index contributed by atoms with van der Waals surface area (Å²) in [5.74, 6) is -0.420. The lowest BCUT2D eigenvalue weighted by Crippen LogP contribution is -2.29. The number of nitrogens with one attached hydrogen (secondary N) is 1. The van der Waals surface area contributed by atoms with Crippen LogP contribution in [-0.2, 0) is 6.42 Å². The molecule has 1 rings (SSSR count). The zero-order valence-electron chi connectivity index (χ0n) is 11.5. The van der Waals surface area contributed by atoms with Gasteiger partial charge in [0.2, 0.25) is 0 Å². The number of nitrogens with zero attached hydrogens (tertiary/aromatic N) is 1. The molecule has 0 saturated carbocycles. The maximum absolute atomic E-state index is 13.2. The fraction of sp³-hybridized carbons (Fsp3) is 0.571. The Morgan fingerprint density at radius 3 is 2.68 bits per heavy atom. The zero-order chi connectivity index (χ0) is 14.3. The first-order chi connectivity index (χ1) is 9.08. The molecule has 0 aromatic heterocycles. The van der Waals surface area contributed by atoms with Crippen LogP contribution >= 0.6 is 0 Å². The van der Waals surface area contributed by atoms with Crippen molar-refractivity contribution in [2.24, 2.45) is 0 Å². The fourth-order valence-corrected chi connectivity index (χ4v) is 2.25. The molecule has 5 heteroatoms. The topological polar surface area (TPSA) is 55.2 Å². The molecule has 1 unspecified atom stereocenters. The summed E-state index contributed by atoms with van der Waals surface area (Å²) >= 11 is 0. The van der Waals surface area contributed by atoms with Crippen molar-refractivity contribution >= 4 is 5.69 Å². The van der Waals surface area contributed by atoms with Crippen molar-refractivity contribution in [3.63, 3.8) is 0 Å². The van der Waals surface area contributed by atoms with E-state index < -0.39 is 10.7 Å². The number of benzene rings is 1. The maximum atomic E-state index is 13.2. The van der Waals surface area contributed by atoms with Crippen LogP contribution in [0, 0.1) is 15.9 Å². The summed E-state index contributed by atoms with van der Waals surface area (Å²) < 4.78 is 13.2. The van der Waals surface area contributed by atoms with Crippen LogP contribution in [0.4, 0.5) is 10.1 Å². The highest BCUT2D eigenvalue weighted by atomic mass is 19.1. The van der Waals surface area contributed by atoms with Gasteiger partial charge in [-0.2, -0.15) is 0 Å². The second-order valence-electron chi connectivity index (χ2n) is 4.61. The normalized spacial score (nSPS) is 12.4. The molecular formula is C14H21FN2O2. The monoisotopic (exact) mass is 268 g/mol. The second kappa shape index (κ2) is 7.84. The third-order valence-corrected chi connectivity index (χ3v) is 3.13. The molecule has 0 aliphatic heterocycles. The summed E-state index contributed by atoms with van der Waals surface area (Å²) in [5.41, 5.74) is 0.483. The molecule has 0 saturated heterocycles. The Labute approximate surface area is 113 Å². The van der Waals surface area contributed by atoms with Gasteiger partial charge in [0.25, 0.3) is 5.69 Å². The van der Waals surface area contributed by atoms with Gasteiger partial charge in [-0.1, -0.05) is 20.3 Å². The smallest absolute Gasteiger partial charge is 0.272 e. The Morgan fingerprint density at radius 1 is 1.37 bits per heavy atom. The van der Waals surface area contributed by atoms with Crippen molar-refractivity contribution in [2.45, 2.75) is 45.6 Å². The number of hydrogen-bond acceptors (Lipinski definition) is 3. The van der Waals surface area contributed by atoms with Crippen LogP contribution in [0.25, 0.3) is 0 Å². The molecular weight excluding hydrogens is 247 g/mol. The van der Waals surface area contributed by atoms with Gasteiger partial charge in [0.05, 0.1) is 4.92 Å². The van der Waals surface area contributed by atoms with Gasteiger partial charge in [0, 0.05) is 17.7 Å². The molecule has 19 heavy (non-hydrogen) atoms. The predicted molar refractivity (Wildman–Crippen MR) is 73.7 cm³/mol. The molecule has 0 aliphatic rings. The summed E-state index contributed by atoms with van der Waals surface area (Å²) in [6.07, 6.45) is 3.39. The third-order valence-electron chi connectivity index (χ3n) is 3.13. The van der Waals surface area contributed by atoms with E-state index >= 15 is 0 Å². The Morgan fingerprint density at radius 2 is 2.11 bits per heavy atom. The van der Waals surface area contributed by atoms with Crippen molar-refractivity contribution in [3.05, 3.63) is 39.7 Å². The van der Waals surface area contributed by atoms with Crippen molar-refractivity contribution in [1.29, 1.82) is 0 Å². The van der Waals surface area contributed by atoms with Gasteiger partial charge in [-0.25, -0.2) is 4.39 Å². The lowest BCUT2D eigenvalue weighted by atomic mass is 10.0. The Balaban J connectivity index is 2.74. The molecule has 0 aliphatic carbocycles. The molecule has 1 N–H and O–H groups in total. The Bertz CT molecular complexity index is 418. The minimum atomic E-state index is -0.448. The lowest BCUT2D eigenvalue weighted by molar-refractivity contribution is -0.385. The summed E-state index contributed by atoms with van der Waals surface area (Å²) in [7, 11) is 0. The van der Waals surface area contributed by atoms with Crippen LogP contribution in [0.5, 0.6) is 0 Å². The van der Waals surface area contributed by atoms with Gasteiger partial charge in [-0.15, -0.1) is 0 Å². The van der Waals surface area contributed by atoms with Crippen LogP contribution in [0.2, 0.25) is 0 Å². The van der Waals surface area contributed by atoms with E-state index in [1.54, 1.807) is 0 Å². The highest BCUT2D eigenvalue weighted by Gasteiger charge is 2.16. The maximum Gasteiger partial charge on any atom is 0.272 e. The van der Waals surface area contributed by atoms with E-state index in [1.165, 1.54) is 12.1 Å². The summed E-state index contributed by atoms with van der Waals surface area (Å²) in [6.45, 7) is 5.01. The van der Waals surface area contributed by atoms with E-state index in [4.69, 9.17) is 0 Å². The second-order valence-corrected chi connectivity index (χ2v) is 4.61. The molecule has 0 spiro atoms. The van der Waals surface area contributed by atoms with Crippen molar-refractivity contribution < 1.29 is 9.31 Å². The van der Waals surface area contributed by atoms with Gasteiger partial charge >= 0.3 is 0 Å². The van der Waals surface area contributed by atoms with E-state index in [9.17, 15) is 14.5 Å². The average Bonchev–Trinajstić information content (AvgIpc) is 2.36. The molecule has 0 amide bonds. The van der Waals surface area contributed by atoms with Gasteiger partial charge in [-0.3, -0.25) is 10.1 Å². The van der Waals surface area contributed by atoms with Crippen molar-refractivity contribution in [1.82, 2.24) is 5.32 Å². The molecule has 0 bridgehead atoms. The summed E-state index contributed by atoms with van der Waals surface area (Å²) in [6, 6.07) is 3.98. The molecule has 1 aromatic carbocycles. The quantitative estimate of drug-likeness (QED) is 0.580. The molecule has 1 aromatic rings. The minimum absolute atomic E-state index is 0.00754. The SMILES string of the molecule is CCCC(CCc1cc(F)ccc1[N+](=O)[O-])NCC. The fourth-order valence-electron chi connectivity index (χ4n) is 2.25. The highest BCUT2D eigenvalue weighted by molar-refractivity contribution is 5.40. The molecule has 0 heterocycles. The van der Waals surface area contributed by atoms with Gasteiger partial charge in [0.15, 0.2) is 0 Å². The van der Waals surface area contributed by atoms with Crippen LogP contribution in [0.1, 0.15) is 38.7 Å². The third kappa shape index (κ3) is 4.95. The molecule has 0 fully saturated rings. The zero-order valence-corrected chi connectivity index (χ0v) is 11.5. The van der Waals surface area contributed by atoms with E-state index in [0.717, 1.165) is 31.9 Å². The summed E-state index contributed by atoms with van der Waals surface area (Å²) in [4.78, 5) is 10.4. The summed E-state index contributed by atoms with van der Waals surface area (Å²) in [5, 5.41) is 14.3. The van der Waals surface area contributed by atoms with E-state index in [2.05, 4.69) is 12.2 Å². The first-order valence-corrected chi connectivity index (χ1v) is 6.74. The predicted octanol–water partition coefficient (Wildman–Crippen LogP) is 3.44. The van der Waals surface area contributed by atoms with Crippen molar-refractivity contribution in [3.8, 4) is 0 Å². The van der Waals surface area contributed by atoms with Gasteiger partial charge in [0.1, 0.15) is 5.82 Å². The van der Waals surface area contributed by atoms with Gasteiger partial charge in [-0.05, 0) is 37.9 Å². The van der Waals surface area contributed by atoms with E-state index in [-0.39, 0.29) is 5.69 Å². The number of aryl methyl sites for hydroxylation is 1. The highest BCUT2D eigenvalue weighted by Crippen LogP contribution is 2.22. The van der Waals surface area contributed by atoms with Crippen LogP contribution in [0.3, 0.4) is 0 Å². The van der Waals surface area contributed by atoms with E-state index in [1.807, 2.05) is 6.92 Å². The van der Waals surface area contributed by atoms with Crippen LogP contribution < -0.4 is 5.32 Å². The largest absolute Gasteiger partial charge is 0.314 e. The lowest BCUT2D eigenvalue weighted by Gasteiger charge is -2.16. The van der Waals surface area contributed by atoms with Gasteiger partial charge < -0.3 is 5.32 Å². The average molecular weight is 268 g/mol. The van der Waals surface area contributed by atoms with Crippen LogP contribution in [-0.4, -0.2) is 17.5 Å². The number of hydrogen-bond donors (Lipinski definition) is 1. The van der Waals surface area contributed by atoms with Crippen molar-refractivity contribution in [2.75, 3.05) is 6.54 Å². The molecule has 4 nitrogen and oxygen atoms in total. The molecule has 106 valence electrons. The van der Waals surface area contributed by atoms with E-state index in [0.29, 0.717) is 18.0 Å². The standard InChI is InChI=1S/C14H21FN2O2/c1-3-5-13(16-4-2)8-6-11-10-12(15)7-9-14(11)17(18)19/h7,9-10,13,16H,3-6,8H2,1-2H3. The first kappa shape index (κ1) is 15.6. The number of halogens is 1. The number of rotatable bonds is 8. The Hall–Kier alpha value is -1.49. The van der Waals surface area contributed by atoms with Crippen LogP contribution in [0.15, 0.2) is 18.2 Å². The Kier molecular flexibility index (Phi) is 6.42. The minimum Gasteiger partial charge on any atom is -0.314 e. The number of nitro groups is 1.